The Labute approximate surface area is 126 Å². The summed E-state index contributed by atoms with van der Waals surface area (Å²) in [5.41, 5.74) is -0.246. The number of rotatable bonds is 3. The fraction of sp³-hybridized carbons (Fsp3) is 0.778. The molecule has 4 rings (SSSR count). The molecule has 8 unspecified atom stereocenters. The number of hydrogen-bond acceptors (Lipinski definition) is 3. The van der Waals surface area contributed by atoms with Gasteiger partial charge in [0.25, 0.3) is 0 Å². The van der Waals surface area contributed by atoms with Gasteiger partial charge in [-0.3, -0.25) is 0 Å². The van der Waals surface area contributed by atoms with Crippen molar-refractivity contribution in [1.82, 2.24) is 0 Å². The van der Waals surface area contributed by atoms with E-state index < -0.39 is 0 Å². The normalized spacial score (nSPS) is 52.5. The molecule has 4 fully saturated rings. The van der Waals surface area contributed by atoms with Crippen molar-refractivity contribution in [3.8, 4) is 6.07 Å². The molecular formula is C18H23NO2. The van der Waals surface area contributed by atoms with Crippen LogP contribution in [0.15, 0.2) is 12.7 Å². The lowest BCUT2D eigenvalue weighted by Crippen LogP contribution is -2.48. The zero-order chi connectivity index (χ0) is 14.8. The molecule has 0 aromatic heterocycles. The summed E-state index contributed by atoms with van der Waals surface area (Å²) in [5.74, 6) is 4.00. The maximum absolute atomic E-state index is 11.8. The minimum Gasteiger partial charge on any atom is -0.456 e. The Morgan fingerprint density at radius 3 is 2.86 bits per heavy atom. The monoisotopic (exact) mass is 285 g/mol. The van der Waals surface area contributed by atoms with Crippen molar-refractivity contribution in [2.45, 2.75) is 44.6 Å². The van der Waals surface area contributed by atoms with Gasteiger partial charge >= 0.3 is 5.97 Å². The quantitative estimate of drug-likeness (QED) is 0.454. The summed E-state index contributed by atoms with van der Waals surface area (Å²) in [6.45, 7) is 5.70. The molecule has 0 aromatic rings. The van der Waals surface area contributed by atoms with E-state index in [1.54, 1.807) is 0 Å². The van der Waals surface area contributed by atoms with Gasteiger partial charge in [0.05, 0.1) is 6.07 Å². The van der Waals surface area contributed by atoms with Crippen LogP contribution in [0, 0.1) is 52.8 Å². The van der Waals surface area contributed by atoms with E-state index in [0.29, 0.717) is 35.5 Å². The van der Waals surface area contributed by atoms with Crippen LogP contribution in [0.25, 0.3) is 0 Å². The predicted octanol–water partition coefficient (Wildman–Crippen LogP) is 3.32. The SMILES string of the molecule is C=CC(=O)OC1(CC)CC2CC1C1C3CC(C#N)C(C3)C21. The molecule has 3 heteroatoms. The molecule has 3 nitrogen and oxygen atoms in total. The summed E-state index contributed by atoms with van der Waals surface area (Å²) < 4.78 is 5.88. The molecule has 0 aromatic carbocycles. The van der Waals surface area contributed by atoms with E-state index >= 15 is 0 Å². The number of hydrogen-bond donors (Lipinski definition) is 0. The summed E-state index contributed by atoms with van der Waals surface area (Å²) >= 11 is 0. The third-order valence-electron chi connectivity index (χ3n) is 7.22. The van der Waals surface area contributed by atoms with Crippen LogP contribution in [0.1, 0.15) is 39.0 Å². The molecule has 8 atom stereocenters. The number of carbonyl (C=O) groups is 1. The van der Waals surface area contributed by atoms with Gasteiger partial charge in [-0.25, -0.2) is 4.79 Å². The van der Waals surface area contributed by atoms with Crippen molar-refractivity contribution >= 4 is 5.97 Å². The first kappa shape index (κ1) is 13.4. The molecule has 4 bridgehead atoms. The van der Waals surface area contributed by atoms with Gasteiger partial charge in [0, 0.05) is 17.9 Å². The molecule has 112 valence electrons. The van der Waals surface area contributed by atoms with Gasteiger partial charge in [0.1, 0.15) is 5.60 Å². The second-order valence-electron chi connectivity index (χ2n) is 7.64. The summed E-state index contributed by atoms with van der Waals surface area (Å²) in [5, 5.41) is 9.35. The number of esters is 1. The van der Waals surface area contributed by atoms with Crippen LogP contribution in [0.3, 0.4) is 0 Å². The number of nitrogens with zero attached hydrogens (tertiary/aromatic N) is 1. The molecule has 0 spiro atoms. The maximum Gasteiger partial charge on any atom is 0.330 e. The second-order valence-corrected chi connectivity index (χ2v) is 7.64. The Morgan fingerprint density at radius 2 is 2.19 bits per heavy atom. The van der Waals surface area contributed by atoms with Crippen LogP contribution in [-0.2, 0) is 9.53 Å². The van der Waals surface area contributed by atoms with E-state index in [4.69, 9.17) is 4.74 Å². The van der Waals surface area contributed by atoms with E-state index in [1.165, 1.54) is 18.9 Å². The van der Waals surface area contributed by atoms with E-state index in [1.807, 2.05) is 0 Å². The summed E-state index contributed by atoms with van der Waals surface area (Å²) in [4.78, 5) is 11.8. The van der Waals surface area contributed by atoms with Gasteiger partial charge in [0.2, 0.25) is 0 Å². The first-order valence-electron chi connectivity index (χ1n) is 8.38. The standard InChI is InChI=1S/C18H23NO2/c1-3-15(20)21-18(4-2)8-11-7-14(18)17-10-5-12(9-19)13(6-10)16(11)17/h3,10-14,16-17H,1,4-8H2,2H3. The van der Waals surface area contributed by atoms with Gasteiger partial charge in [0.15, 0.2) is 0 Å². The van der Waals surface area contributed by atoms with Crippen LogP contribution >= 0.6 is 0 Å². The first-order chi connectivity index (χ1) is 10.1. The zero-order valence-electron chi connectivity index (χ0n) is 12.6. The minimum absolute atomic E-state index is 0.246. The Balaban J connectivity index is 1.62. The number of fused-ring (bicyclic) bond motifs is 9. The molecule has 0 amide bonds. The van der Waals surface area contributed by atoms with Gasteiger partial charge in [-0.05, 0) is 61.7 Å². The third-order valence-corrected chi connectivity index (χ3v) is 7.22. The average Bonchev–Trinajstić information content (AvgIpc) is 3.23. The molecule has 0 radical (unpaired) electrons. The highest BCUT2D eigenvalue weighted by atomic mass is 16.6. The van der Waals surface area contributed by atoms with Crippen molar-refractivity contribution in [2.24, 2.45) is 41.4 Å². The lowest BCUT2D eigenvalue weighted by molar-refractivity contribution is -0.166. The Bertz CT molecular complexity index is 536. The number of nitriles is 1. The Kier molecular flexibility index (Phi) is 2.77. The van der Waals surface area contributed by atoms with Crippen LogP contribution in [0.2, 0.25) is 0 Å². The molecule has 21 heavy (non-hydrogen) atoms. The zero-order valence-corrected chi connectivity index (χ0v) is 12.6. The third kappa shape index (κ3) is 1.57. The summed E-state index contributed by atoms with van der Waals surface area (Å²) in [6, 6.07) is 2.54. The lowest BCUT2D eigenvalue weighted by atomic mass is 9.63. The molecule has 4 aliphatic carbocycles. The van der Waals surface area contributed by atoms with E-state index in [9.17, 15) is 10.1 Å². The molecule has 0 heterocycles. The molecule has 0 aliphatic heterocycles. The van der Waals surface area contributed by atoms with Crippen molar-refractivity contribution in [3.05, 3.63) is 12.7 Å². The molecule has 4 aliphatic rings. The van der Waals surface area contributed by atoms with E-state index in [2.05, 4.69) is 19.6 Å². The Morgan fingerprint density at radius 1 is 1.38 bits per heavy atom. The molecule has 0 saturated heterocycles. The number of carbonyl (C=O) groups excluding carboxylic acids is 1. The van der Waals surface area contributed by atoms with Crippen molar-refractivity contribution in [3.63, 3.8) is 0 Å². The van der Waals surface area contributed by atoms with Crippen LogP contribution in [-0.4, -0.2) is 11.6 Å². The van der Waals surface area contributed by atoms with Gasteiger partial charge < -0.3 is 4.74 Å². The number of ether oxygens (including phenoxy) is 1. The Hall–Kier alpha value is -1.30. The highest BCUT2D eigenvalue weighted by molar-refractivity contribution is 5.81. The average molecular weight is 285 g/mol. The predicted molar refractivity (Wildman–Crippen MR) is 77.8 cm³/mol. The smallest absolute Gasteiger partial charge is 0.330 e. The van der Waals surface area contributed by atoms with Crippen molar-refractivity contribution in [1.29, 1.82) is 5.26 Å². The van der Waals surface area contributed by atoms with E-state index in [0.717, 1.165) is 25.2 Å². The summed E-state index contributed by atoms with van der Waals surface area (Å²) in [6.07, 6.45) is 6.76. The molecular weight excluding hydrogens is 262 g/mol. The summed E-state index contributed by atoms with van der Waals surface area (Å²) in [7, 11) is 0. The van der Waals surface area contributed by atoms with E-state index in [-0.39, 0.29) is 11.6 Å². The van der Waals surface area contributed by atoms with Gasteiger partial charge in [-0.2, -0.15) is 5.26 Å². The second kappa shape index (κ2) is 4.35. The minimum atomic E-state index is -0.265. The van der Waals surface area contributed by atoms with Gasteiger partial charge in [-0.15, -0.1) is 0 Å². The highest BCUT2D eigenvalue weighted by Crippen LogP contribution is 2.71. The van der Waals surface area contributed by atoms with Crippen molar-refractivity contribution < 1.29 is 9.53 Å². The van der Waals surface area contributed by atoms with Crippen LogP contribution < -0.4 is 0 Å². The molecule has 4 saturated carbocycles. The fourth-order valence-electron chi connectivity index (χ4n) is 6.72. The largest absolute Gasteiger partial charge is 0.456 e. The maximum atomic E-state index is 11.8. The van der Waals surface area contributed by atoms with Crippen molar-refractivity contribution in [2.75, 3.05) is 0 Å². The topological polar surface area (TPSA) is 50.1 Å². The van der Waals surface area contributed by atoms with Crippen LogP contribution in [0.4, 0.5) is 0 Å². The first-order valence-corrected chi connectivity index (χ1v) is 8.38. The lowest BCUT2D eigenvalue weighted by Gasteiger charge is -2.46. The van der Waals surface area contributed by atoms with Crippen LogP contribution in [0.5, 0.6) is 0 Å². The highest BCUT2D eigenvalue weighted by Gasteiger charge is 2.69. The van der Waals surface area contributed by atoms with Gasteiger partial charge in [-0.1, -0.05) is 13.5 Å². The fourth-order valence-corrected chi connectivity index (χ4v) is 6.72. The molecule has 0 N–H and O–H groups in total.